The summed E-state index contributed by atoms with van der Waals surface area (Å²) in [5.74, 6) is 2.85. The average Bonchev–Trinajstić information content (AvgIpc) is 2.47. The van der Waals surface area contributed by atoms with Crippen molar-refractivity contribution < 1.29 is 0 Å². The van der Waals surface area contributed by atoms with Crippen LogP contribution in [0.5, 0.6) is 0 Å². The first-order valence-corrected chi connectivity index (χ1v) is 7.71. The smallest absolute Gasteiger partial charge is 0.149 e. The van der Waals surface area contributed by atoms with Gasteiger partial charge in [0.1, 0.15) is 11.6 Å². The number of nitrogens with zero attached hydrogens (tertiary/aromatic N) is 3. The molecule has 0 radical (unpaired) electrons. The zero-order valence-corrected chi connectivity index (χ0v) is 11.8. The molecule has 0 unspecified atom stereocenters. The summed E-state index contributed by atoms with van der Waals surface area (Å²) in [6, 6.07) is 0.702. The Morgan fingerprint density at radius 3 is 2.95 bits per heavy atom. The van der Waals surface area contributed by atoms with Crippen LogP contribution in [0.3, 0.4) is 0 Å². The Morgan fingerprint density at radius 1 is 1.21 bits per heavy atom. The first-order valence-electron chi connectivity index (χ1n) is 7.71. The van der Waals surface area contributed by atoms with Crippen LogP contribution in [0.25, 0.3) is 0 Å². The van der Waals surface area contributed by atoms with E-state index in [2.05, 4.69) is 22.1 Å². The minimum absolute atomic E-state index is 0.702. The van der Waals surface area contributed by atoms with E-state index >= 15 is 0 Å². The van der Waals surface area contributed by atoms with E-state index in [-0.39, 0.29) is 0 Å². The zero-order chi connectivity index (χ0) is 13.1. The molecule has 3 rings (SSSR count). The lowest BCUT2D eigenvalue weighted by atomic mass is 9.78. The number of nitrogens with one attached hydrogen (secondary N) is 1. The number of hydrogen-bond acceptors (Lipinski definition) is 4. The van der Waals surface area contributed by atoms with Crippen LogP contribution in [0, 0.1) is 5.92 Å². The van der Waals surface area contributed by atoms with Gasteiger partial charge in [0.15, 0.2) is 0 Å². The average molecular weight is 260 g/mol. The second-order valence-electron chi connectivity index (χ2n) is 5.74. The summed E-state index contributed by atoms with van der Waals surface area (Å²) in [6.45, 7) is 4.13. The third kappa shape index (κ3) is 2.67. The zero-order valence-electron chi connectivity index (χ0n) is 11.8. The lowest BCUT2D eigenvalue weighted by Crippen LogP contribution is -2.47. The third-order valence-electron chi connectivity index (χ3n) is 4.52. The van der Waals surface area contributed by atoms with Crippen LogP contribution in [0.2, 0.25) is 0 Å². The van der Waals surface area contributed by atoms with E-state index in [1.165, 1.54) is 38.5 Å². The highest BCUT2D eigenvalue weighted by Crippen LogP contribution is 2.37. The van der Waals surface area contributed by atoms with Gasteiger partial charge in [0.2, 0.25) is 0 Å². The van der Waals surface area contributed by atoms with Gasteiger partial charge in [-0.2, -0.15) is 0 Å². The molecule has 1 saturated carbocycles. The predicted molar refractivity (Wildman–Crippen MR) is 78.5 cm³/mol. The van der Waals surface area contributed by atoms with Crippen molar-refractivity contribution in [2.45, 2.75) is 51.5 Å². The van der Waals surface area contributed by atoms with Gasteiger partial charge in [-0.3, -0.25) is 4.98 Å². The van der Waals surface area contributed by atoms with Gasteiger partial charge in [-0.25, -0.2) is 4.98 Å². The van der Waals surface area contributed by atoms with Gasteiger partial charge in [0.25, 0.3) is 0 Å². The predicted octanol–water partition coefficient (Wildman–Crippen LogP) is 3.07. The first-order chi connectivity index (χ1) is 9.38. The maximum absolute atomic E-state index is 4.73. The molecule has 2 fully saturated rings. The summed E-state index contributed by atoms with van der Waals surface area (Å²) in [5.41, 5.74) is 0. The van der Waals surface area contributed by atoms with E-state index in [0.29, 0.717) is 6.04 Å². The van der Waals surface area contributed by atoms with Crippen LogP contribution in [0.15, 0.2) is 12.4 Å². The molecule has 0 bridgehead atoms. The molecule has 1 aromatic heterocycles. The normalized spacial score (nSPS) is 26.9. The van der Waals surface area contributed by atoms with E-state index in [9.17, 15) is 0 Å². The van der Waals surface area contributed by atoms with E-state index in [4.69, 9.17) is 4.98 Å². The Kier molecular flexibility index (Phi) is 3.85. The number of aromatic nitrogens is 2. The minimum Gasteiger partial charge on any atom is -0.369 e. The van der Waals surface area contributed by atoms with Crippen molar-refractivity contribution in [3.63, 3.8) is 0 Å². The topological polar surface area (TPSA) is 41.1 Å². The molecule has 1 aliphatic heterocycles. The molecule has 1 aliphatic carbocycles. The van der Waals surface area contributed by atoms with Gasteiger partial charge in [-0.1, -0.05) is 12.8 Å². The van der Waals surface area contributed by atoms with Crippen LogP contribution in [0.4, 0.5) is 11.6 Å². The van der Waals surface area contributed by atoms with Crippen molar-refractivity contribution in [3.05, 3.63) is 12.4 Å². The molecule has 4 nitrogen and oxygen atoms in total. The molecule has 104 valence electrons. The molecule has 1 saturated heterocycles. The molecule has 0 spiro atoms. The second kappa shape index (κ2) is 5.76. The van der Waals surface area contributed by atoms with Crippen LogP contribution < -0.4 is 10.2 Å². The van der Waals surface area contributed by atoms with Crippen molar-refractivity contribution in [2.24, 2.45) is 5.92 Å². The maximum Gasteiger partial charge on any atom is 0.149 e. The van der Waals surface area contributed by atoms with Crippen LogP contribution in [0.1, 0.15) is 45.4 Å². The Hall–Kier alpha value is -1.32. The SMILES string of the molecule is CCNc1cncc(N2CCC[C@H]3CCCC[C@H]32)n1. The second-order valence-corrected chi connectivity index (χ2v) is 5.74. The number of anilines is 2. The van der Waals surface area contributed by atoms with E-state index in [0.717, 1.165) is 30.6 Å². The Bertz CT molecular complexity index is 418. The van der Waals surface area contributed by atoms with Crippen molar-refractivity contribution in [2.75, 3.05) is 23.3 Å². The summed E-state index contributed by atoms with van der Waals surface area (Å²) < 4.78 is 0. The molecule has 2 heterocycles. The van der Waals surface area contributed by atoms with Crippen molar-refractivity contribution in [1.29, 1.82) is 0 Å². The Balaban J connectivity index is 1.81. The fourth-order valence-corrected chi connectivity index (χ4v) is 3.67. The van der Waals surface area contributed by atoms with Gasteiger partial charge >= 0.3 is 0 Å². The highest BCUT2D eigenvalue weighted by molar-refractivity contribution is 5.45. The van der Waals surface area contributed by atoms with E-state index < -0.39 is 0 Å². The number of rotatable bonds is 3. The van der Waals surface area contributed by atoms with Crippen molar-refractivity contribution in [1.82, 2.24) is 9.97 Å². The largest absolute Gasteiger partial charge is 0.369 e. The Morgan fingerprint density at radius 2 is 2.05 bits per heavy atom. The number of piperidine rings is 1. The number of hydrogen-bond donors (Lipinski definition) is 1. The van der Waals surface area contributed by atoms with E-state index in [1.807, 2.05) is 12.4 Å². The van der Waals surface area contributed by atoms with Crippen molar-refractivity contribution >= 4 is 11.6 Å². The van der Waals surface area contributed by atoms with Gasteiger partial charge in [-0.05, 0) is 38.5 Å². The van der Waals surface area contributed by atoms with Crippen LogP contribution in [-0.4, -0.2) is 29.1 Å². The summed E-state index contributed by atoms with van der Waals surface area (Å²) in [4.78, 5) is 11.6. The van der Waals surface area contributed by atoms with Crippen LogP contribution >= 0.6 is 0 Å². The van der Waals surface area contributed by atoms with Gasteiger partial charge in [0.05, 0.1) is 12.4 Å². The fourth-order valence-electron chi connectivity index (χ4n) is 3.67. The molecule has 19 heavy (non-hydrogen) atoms. The molecule has 0 amide bonds. The van der Waals surface area contributed by atoms with Gasteiger partial charge < -0.3 is 10.2 Å². The summed E-state index contributed by atoms with van der Waals surface area (Å²) in [5, 5.41) is 3.26. The molecule has 0 aromatic carbocycles. The first kappa shape index (κ1) is 12.7. The third-order valence-corrected chi connectivity index (χ3v) is 4.52. The molecular weight excluding hydrogens is 236 g/mol. The fraction of sp³-hybridized carbons (Fsp3) is 0.733. The molecule has 2 aliphatic rings. The highest BCUT2D eigenvalue weighted by atomic mass is 15.2. The summed E-state index contributed by atoms with van der Waals surface area (Å²) >= 11 is 0. The van der Waals surface area contributed by atoms with Crippen molar-refractivity contribution in [3.8, 4) is 0 Å². The minimum atomic E-state index is 0.702. The van der Waals surface area contributed by atoms with E-state index in [1.54, 1.807) is 0 Å². The Labute approximate surface area is 115 Å². The van der Waals surface area contributed by atoms with Gasteiger partial charge in [0, 0.05) is 19.1 Å². The standard InChI is InChI=1S/C15H24N4/c1-2-17-14-10-16-11-15(18-14)19-9-5-7-12-6-3-4-8-13(12)19/h10-13H,2-9H2,1H3,(H,17,18)/t12-,13-/m1/s1. The maximum atomic E-state index is 4.73. The van der Waals surface area contributed by atoms with Gasteiger partial charge in [-0.15, -0.1) is 0 Å². The monoisotopic (exact) mass is 260 g/mol. The molecule has 1 N–H and O–H groups in total. The molecule has 2 atom stereocenters. The lowest BCUT2D eigenvalue weighted by molar-refractivity contribution is 0.242. The molecular formula is C15H24N4. The summed E-state index contributed by atoms with van der Waals surface area (Å²) in [7, 11) is 0. The quantitative estimate of drug-likeness (QED) is 0.907. The lowest BCUT2D eigenvalue weighted by Gasteiger charge is -2.44. The summed E-state index contributed by atoms with van der Waals surface area (Å²) in [6.07, 6.45) is 12.0. The highest BCUT2D eigenvalue weighted by Gasteiger charge is 2.33. The molecule has 1 aromatic rings. The van der Waals surface area contributed by atoms with Crippen LogP contribution in [-0.2, 0) is 0 Å². The number of fused-ring (bicyclic) bond motifs is 1. The molecule has 4 heteroatoms.